The molecule has 5 aromatic rings. The lowest BCUT2D eigenvalue weighted by Crippen LogP contribution is -2.27. The molecular weight excluding hydrogens is 472 g/mol. The molecule has 0 fully saturated rings. The molecule has 0 atom stereocenters. The number of rotatable bonds is 7. The zero-order valence-electron chi connectivity index (χ0n) is 19.9. The Bertz CT molecular complexity index is 1690. The maximum absolute atomic E-state index is 13.3. The minimum absolute atomic E-state index is 0.197. The number of hydrogen-bond donors (Lipinski definition) is 0. The Kier molecular flexibility index (Phi) is 6.64. The third kappa shape index (κ3) is 4.78. The van der Waals surface area contributed by atoms with E-state index in [0.717, 1.165) is 16.7 Å². The lowest BCUT2D eigenvalue weighted by Gasteiger charge is -2.11. The zero-order valence-corrected chi connectivity index (χ0v) is 20.7. The quantitative estimate of drug-likeness (QED) is 0.339. The molecule has 0 saturated carbocycles. The second kappa shape index (κ2) is 10.2. The molecule has 0 aliphatic rings. The predicted octanol–water partition coefficient (Wildman–Crippen LogP) is 4.15. The number of methoxy groups -OCH3 is 1. The van der Waals surface area contributed by atoms with Gasteiger partial charge < -0.3 is 9.47 Å². The second-order valence-electron chi connectivity index (χ2n) is 8.36. The Labute approximate surface area is 211 Å². The average molecular weight is 497 g/mol. The van der Waals surface area contributed by atoms with Gasteiger partial charge in [-0.3, -0.25) is 14.0 Å². The molecule has 3 aromatic carbocycles. The van der Waals surface area contributed by atoms with Crippen molar-refractivity contribution in [2.75, 3.05) is 7.11 Å². The Hall–Kier alpha value is -4.23. The van der Waals surface area contributed by atoms with Crippen LogP contribution in [0.25, 0.3) is 11.0 Å². The van der Waals surface area contributed by atoms with E-state index in [0.29, 0.717) is 45.3 Å². The van der Waals surface area contributed by atoms with Crippen LogP contribution in [0.2, 0.25) is 0 Å². The van der Waals surface area contributed by atoms with Crippen LogP contribution in [0.4, 0.5) is 0 Å². The third-order valence-electron chi connectivity index (χ3n) is 5.98. The van der Waals surface area contributed by atoms with Crippen LogP contribution in [0.15, 0.2) is 88.5 Å². The van der Waals surface area contributed by atoms with E-state index >= 15 is 0 Å². The molecule has 180 valence electrons. The van der Waals surface area contributed by atoms with E-state index < -0.39 is 0 Å². The number of ether oxygens (including phenoxy) is 2. The monoisotopic (exact) mass is 496 g/mol. The zero-order chi connectivity index (χ0) is 25.1. The molecule has 0 saturated heterocycles. The summed E-state index contributed by atoms with van der Waals surface area (Å²) in [4.78, 5) is 30.7. The minimum Gasteiger partial charge on any atom is -0.493 e. The minimum atomic E-state index is -0.300. The van der Waals surface area contributed by atoms with Crippen molar-refractivity contribution >= 4 is 22.4 Å². The summed E-state index contributed by atoms with van der Waals surface area (Å²) in [6, 6.07) is 25.1. The van der Waals surface area contributed by atoms with Gasteiger partial charge in [-0.2, -0.15) is 4.98 Å². The van der Waals surface area contributed by atoms with Gasteiger partial charge in [0, 0.05) is 17.7 Å². The number of hydrogen-bond acceptors (Lipinski definition) is 6. The van der Waals surface area contributed by atoms with Gasteiger partial charge in [-0.15, -0.1) is 0 Å². The van der Waals surface area contributed by atoms with Gasteiger partial charge in [-0.25, -0.2) is 0 Å². The van der Waals surface area contributed by atoms with E-state index in [1.54, 1.807) is 20.1 Å². The third-order valence-corrected chi connectivity index (χ3v) is 6.95. The van der Waals surface area contributed by atoms with Crippen LogP contribution in [0.3, 0.4) is 0 Å². The van der Waals surface area contributed by atoms with Crippen LogP contribution in [0, 0.1) is 6.92 Å². The molecule has 0 aliphatic heterocycles. The van der Waals surface area contributed by atoms with Crippen molar-refractivity contribution in [2.24, 2.45) is 0 Å². The van der Waals surface area contributed by atoms with Gasteiger partial charge in [-0.1, -0.05) is 78.1 Å². The normalized spacial score (nSPS) is 11.7. The molecular formula is C29H24N2O4S. The number of thiazole rings is 1. The van der Waals surface area contributed by atoms with Gasteiger partial charge in [0.2, 0.25) is 4.96 Å². The molecule has 5 rings (SSSR count). The summed E-state index contributed by atoms with van der Waals surface area (Å²) in [5.74, 6) is 1.19. The maximum Gasteiger partial charge on any atom is 0.277 e. The lowest BCUT2D eigenvalue weighted by atomic mass is 10.1. The van der Waals surface area contributed by atoms with Crippen LogP contribution >= 0.6 is 11.3 Å². The fourth-order valence-electron chi connectivity index (χ4n) is 4.07. The van der Waals surface area contributed by atoms with E-state index in [2.05, 4.69) is 4.98 Å². The molecule has 0 unspecified atom stereocenters. The first-order valence-corrected chi connectivity index (χ1v) is 12.3. The summed E-state index contributed by atoms with van der Waals surface area (Å²) in [5, 5.41) is 0. The van der Waals surface area contributed by atoms with Crippen LogP contribution < -0.4 is 25.1 Å². The maximum atomic E-state index is 13.3. The highest BCUT2D eigenvalue weighted by molar-refractivity contribution is 7.15. The SMILES string of the molecule is COc1cc(/C=c2/sc3nc(=O)c(Cc4ccccc4)c(C)n3c2=O)ccc1OCc1ccccc1. The first-order valence-electron chi connectivity index (χ1n) is 11.5. The van der Waals surface area contributed by atoms with Crippen molar-refractivity contribution in [2.45, 2.75) is 20.0 Å². The molecule has 2 heterocycles. The summed E-state index contributed by atoms with van der Waals surface area (Å²) in [6.07, 6.45) is 2.21. The highest BCUT2D eigenvalue weighted by Gasteiger charge is 2.15. The highest BCUT2D eigenvalue weighted by atomic mass is 32.1. The van der Waals surface area contributed by atoms with E-state index in [9.17, 15) is 9.59 Å². The Morgan fingerprint density at radius 3 is 2.31 bits per heavy atom. The second-order valence-corrected chi connectivity index (χ2v) is 9.37. The Morgan fingerprint density at radius 2 is 1.61 bits per heavy atom. The number of benzene rings is 3. The number of aromatic nitrogens is 2. The van der Waals surface area contributed by atoms with Gasteiger partial charge >= 0.3 is 0 Å². The predicted molar refractivity (Wildman–Crippen MR) is 142 cm³/mol. The molecule has 7 heteroatoms. The summed E-state index contributed by atoms with van der Waals surface area (Å²) < 4.78 is 13.5. The molecule has 36 heavy (non-hydrogen) atoms. The standard InChI is InChI=1S/C29H24N2O4S/c1-19-23(15-20-9-5-3-6-10-20)27(32)30-29-31(19)28(33)26(36-29)17-22-13-14-24(25(16-22)34-2)35-18-21-11-7-4-8-12-21/h3-14,16-17H,15,18H2,1-2H3/b26-17+. The highest BCUT2D eigenvalue weighted by Crippen LogP contribution is 2.29. The van der Waals surface area contributed by atoms with E-state index in [-0.39, 0.29) is 11.1 Å². The van der Waals surface area contributed by atoms with Gasteiger partial charge in [0.1, 0.15) is 6.61 Å². The van der Waals surface area contributed by atoms with Gasteiger partial charge in [0.05, 0.1) is 11.6 Å². The molecule has 0 amide bonds. The molecule has 0 spiro atoms. The smallest absolute Gasteiger partial charge is 0.277 e. The Morgan fingerprint density at radius 1 is 0.917 bits per heavy atom. The fourth-order valence-corrected chi connectivity index (χ4v) is 5.08. The molecule has 0 aliphatic carbocycles. The molecule has 0 bridgehead atoms. The van der Waals surface area contributed by atoms with Crippen molar-refractivity contribution in [3.05, 3.63) is 132 Å². The first kappa shape index (κ1) is 23.5. The fraction of sp³-hybridized carbons (Fsp3) is 0.138. The van der Waals surface area contributed by atoms with Crippen LogP contribution in [0.5, 0.6) is 11.5 Å². The largest absolute Gasteiger partial charge is 0.493 e. The summed E-state index contributed by atoms with van der Waals surface area (Å²) in [7, 11) is 1.58. The molecule has 0 N–H and O–H groups in total. The summed E-state index contributed by atoms with van der Waals surface area (Å²) in [5.41, 5.74) is 3.49. The molecule has 2 aromatic heterocycles. The van der Waals surface area contributed by atoms with Crippen molar-refractivity contribution in [1.82, 2.24) is 9.38 Å². The average Bonchev–Trinajstić information content (AvgIpc) is 3.21. The van der Waals surface area contributed by atoms with E-state index in [1.165, 1.54) is 15.7 Å². The van der Waals surface area contributed by atoms with Crippen LogP contribution in [-0.4, -0.2) is 16.5 Å². The van der Waals surface area contributed by atoms with Gasteiger partial charge in [0.25, 0.3) is 11.1 Å². The Balaban J connectivity index is 1.49. The summed E-state index contributed by atoms with van der Waals surface area (Å²) in [6.45, 7) is 2.22. The molecule has 6 nitrogen and oxygen atoms in total. The first-order chi connectivity index (χ1) is 17.5. The molecule has 0 radical (unpaired) electrons. The van der Waals surface area contributed by atoms with Crippen molar-refractivity contribution in [1.29, 1.82) is 0 Å². The van der Waals surface area contributed by atoms with Crippen LogP contribution in [-0.2, 0) is 13.0 Å². The van der Waals surface area contributed by atoms with Crippen molar-refractivity contribution < 1.29 is 9.47 Å². The van der Waals surface area contributed by atoms with Crippen LogP contribution in [0.1, 0.15) is 27.9 Å². The number of fused-ring (bicyclic) bond motifs is 1. The van der Waals surface area contributed by atoms with Gasteiger partial charge in [0.15, 0.2) is 11.5 Å². The summed E-state index contributed by atoms with van der Waals surface area (Å²) >= 11 is 1.20. The van der Waals surface area contributed by atoms with Gasteiger partial charge in [-0.05, 0) is 41.8 Å². The number of aryl methyl sites for hydroxylation is 1. The van der Waals surface area contributed by atoms with Crippen molar-refractivity contribution in [3.8, 4) is 11.5 Å². The topological polar surface area (TPSA) is 69.9 Å². The lowest BCUT2D eigenvalue weighted by molar-refractivity contribution is 0.284. The van der Waals surface area contributed by atoms with E-state index in [4.69, 9.17) is 9.47 Å². The van der Waals surface area contributed by atoms with Crippen molar-refractivity contribution in [3.63, 3.8) is 0 Å². The number of nitrogens with zero attached hydrogens (tertiary/aromatic N) is 2. The van der Waals surface area contributed by atoms with E-state index in [1.807, 2.05) is 78.9 Å².